The molecule has 10 heteroatoms. The summed E-state index contributed by atoms with van der Waals surface area (Å²) in [6.45, 7) is 4.30. The van der Waals surface area contributed by atoms with Crippen molar-refractivity contribution in [2.45, 2.75) is 290 Å². The molecule has 0 saturated carbocycles. The number of hydrogen-bond acceptors (Lipinski definition) is 7. The second kappa shape index (κ2) is 57.1. The lowest BCUT2D eigenvalue weighted by Crippen LogP contribution is -2.37. The van der Waals surface area contributed by atoms with Crippen LogP contribution in [0.1, 0.15) is 284 Å². The van der Waals surface area contributed by atoms with E-state index in [1.807, 2.05) is 21.1 Å². The van der Waals surface area contributed by atoms with Crippen LogP contribution in [0.15, 0.2) is 72.9 Å². The molecular weight excluding hydrogens is 966 g/mol. The van der Waals surface area contributed by atoms with Gasteiger partial charge in [0.05, 0.1) is 27.7 Å². The van der Waals surface area contributed by atoms with Crippen molar-refractivity contribution < 1.29 is 42.1 Å². The molecule has 0 spiro atoms. The van der Waals surface area contributed by atoms with Gasteiger partial charge in [-0.2, -0.15) is 0 Å². The van der Waals surface area contributed by atoms with Crippen LogP contribution in [0.25, 0.3) is 0 Å². The lowest BCUT2D eigenvalue weighted by Gasteiger charge is -2.24. The SMILES string of the molecule is CC/C=C\C/C=C\C/C=C\C/C=C\C/C=C\C/C=C\CCCCC(=O)OC(COC(=O)CCCCCCCCCCCCCCCCCCCCCCCCCCCCCCCCC)COP(=O)(O)OCC[N+](C)(C)C. The van der Waals surface area contributed by atoms with Gasteiger partial charge in [-0.15, -0.1) is 0 Å². The quantitative estimate of drug-likeness (QED) is 0.0211. The van der Waals surface area contributed by atoms with Gasteiger partial charge >= 0.3 is 19.8 Å². The minimum Gasteiger partial charge on any atom is -0.462 e. The Morgan fingerprint density at radius 2 is 0.750 bits per heavy atom. The van der Waals surface area contributed by atoms with Crippen molar-refractivity contribution >= 4 is 19.8 Å². The van der Waals surface area contributed by atoms with Gasteiger partial charge in [0.25, 0.3) is 0 Å². The highest BCUT2D eigenvalue weighted by molar-refractivity contribution is 7.47. The molecule has 76 heavy (non-hydrogen) atoms. The van der Waals surface area contributed by atoms with Gasteiger partial charge in [-0.25, -0.2) is 4.57 Å². The average molecular weight is 1090 g/mol. The van der Waals surface area contributed by atoms with E-state index in [1.54, 1.807) is 0 Å². The molecule has 2 atom stereocenters. The summed E-state index contributed by atoms with van der Waals surface area (Å²) in [5, 5.41) is 0. The van der Waals surface area contributed by atoms with Crippen LogP contribution in [-0.4, -0.2) is 74.9 Å². The number of allylic oxidation sites excluding steroid dienone is 12. The zero-order chi connectivity index (χ0) is 55.6. The summed E-state index contributed by atoms with van der Waals surface area (Å²) in [5.41, 5.74) is 0. The van der Waals surface area contributed by atoms with E-state index in [2.05, 4.69) is 86.8 Å². The molecule has 442 valence electrons. The van der Waals surface area contributed by atoms with Crippen LogP contribution in [0.5, 0.6) is 0 Å². The third-order valence-electron chi connectivity index (χ3n) is 13.8. The second-order valence-corrected chi connectivity index (χ2v) is 23.9. The van der Waals surface area contributed by atoms with Gasteiger partial charge in [-0.05, 0) is 64.2 Å². The molecule has 0 saturated heterocycles. The van der Waals surface area contributed by atoms with Gasteiger partial charge in [0.15, 0.2) is 6.10 Å². The van der Waals surface area contributed by atoms with Crippen molar-refractivity contribution in [2.24, 2.45) is 0 Å². The minimum absolute atomic E-state index is 0.0210. The Bertz CT molecular complexity index is 1510. The number of quaternary nitrogens is 1. The van der Waals surface area contributed by atoms with E-state index in [0.29, 0.717) is 17.4 Å². The largest absolute Gasteiger partial charge is 0.472 e. The predicted octanol–water partition coefficient (Wildman–Crippen LogP) is 20.0. The summed E-state index contributed by atoms with van der Waals surface area (Å²) >= 11 is 0. The fourth-order valence-corrected chi connectivity index (χ4v) is 9.65. The first-order valence-electron chi connectivity index (χ1n) is 31.7. The molecular formula is C66H121NO8P+. The number of carbonyl (C=O) groups is 2. The fraction of sp³-hybridized carbons (Fsp3) is 0.788. The maximum atomic E-state index is 12.8. The van der Waals surface area contributed by atoms with Gasteiger partial charge in [0.1, 0.15) is 19.8 Å². The van der Waals surface area contributed by atoms with E-state index in [4.69, 9.17) is 18.5 Å². The molecule has 0 radical (unpaired) electrons. The Labute approximate surface area is 469 Å². The van der Waals surface area contributed by atoms with E-state index >= 15 is 0 Å². The van der Waals surface area contributed by atoms with Gasteiger partial charge < -0.3 is 18.9 Å². The van der Waals surface area contributed by atoms with Crippen LogP contribution in [0.3, 0.4) is 0 Å². The van der Waals surface area contributed by atoms with Crippen LogP contribution >= 0.6 is 7.82 Å². The molecule has 1 N–H and O–H groups in total. The van der Waals surface area contributed by atoms with Crippen molar-refractivity contribution in [1.82, 2.24) is 0 Å². The van der Waals surface area contributed by atoms with Crippen LogP contribution in [0.2, 0.25) is 0 Å². The fourth-order valence-electron chi connectivity index (χ4n) is 8.90. The monoisotopic (exact) mass is 1090 g/mol. The lowest BCUT2D eigenvalue weighted by atomic mass is 10.0. The number of phosphoric acid groups is 1. The first kappa shape index (κ1) is 73.5. The first-order chi connectivity index (χ1) is 37.0. The van der Waals surface area contributed by atoms with Crippen molar-refractivity contribution in [3.63, 3.8) is 0 Å². The number of esters is 2. The Kier molecular flexibility index (Phi) is 55.2. The minimum atomic E-state index is -4.40. The highest BCUT2D eigenvalue weighted by Gasteiger charge is 2.27. The summed E-state index contributed by atoms with van der Waals surface area (Å²) in [6.07, 6.45) is 75.8. The van der Waals surface area contributed by atoms with E-state index in [9.17, 15) is 19.0 Å². The molecule has 2 unspecified atom stereocenters. The zero-order valence-electron chi connectivity index (χ0n) is 50.2. The van der Waals surface area contributed by atoms with E-state index in [0.717, 1.165) is 70.6 Å². The summed E-state index contributed by atoms with van der Waals surface area (Å²) < 4.78 is 34.6. The molecule has 0 fully saturated rings. The van der Waals surface area contributed by atoms with E-state index in [1.165, 1.54) is 180 Å². The molecule has 0 aliphatic carbocycles. The standard InChI is InChI=1S/C66H120NO8P/c1-6-8-10-12-14-16-18-20-22-24-26-28-29-30-31-32-33-34-35-36-37-39-40-42-44-46-48-50-52-54-56-58-65(68)72-62-64(63-74-76(70,71)73-61-60-67(3,4)5)75-66(69)59-57-55-53-51-49-47-45-43-41-38-27-25-23-21-19-17-15-13-11-9-7-2/h9,11,15,17,21,23,27,38,43,45,49,51,64H,6-8,10,12-14,16,18-20,22,24-26,28-37,39-42,44,46-48,50,52-63H2,1-5H3/p+1/b11-9-,17-15-,23-21-,38-27-,45-43-,51-49-. The molecule has 0 rings (SSSR count). The number of unbranched alkanes of at least 4 members (excludes halogenated alkanes) is 32. The predicted molar refractivity (Wildman–Crippen MR) is 326 cm³/mol. The molecule has 0 aromatic heterocycles. The summed E-state index contributed by atoms with van der Waals surface area (Å²) in [4.78, 5) is 35.7. The number of hydrogen-bond donors (Lipinski definition) is 1. The third-order valence-corrected chi connectivity index (χ3v) is 14.7. The number of rotatable bonds is 58. The van der Waals surface area contributed by atoms with Crippen molar-refractivity contribution in [3.8, 4) is 0 Å². The Hall–Kier alpha value is -2.55. The number of likely N-dealkylation sites (N-methyl/N-ethyl adjacent to an activating group) is 1. The molecule has 0 heterocycles. The molecule has 9 nitrogen and oxygen atoms in total. The molecule has 0 amide bonds. The maximum absolute atomic E-state index is 12.8. The maximum Gasteiger partial charge on any atom is 0.472 e. The normalized spacial score (nSPS) is 13.7. The molecule has 0 bridgehead atoms. The van der Waals surface area contributed by atoms with Crippen LogP contribution in [0.4, 0.5) is 0 Å². The topological polar surface area (TPSA) is 108 Å². The van der Waals surface area contributed by atoms with Gasteiger partial charge in [0.2, 0.25) is 0 Å². The molecule has 0 aliphatic rings. The number of carbonyl (C=O) groups excluding carboxylic acids is 2. The molecule has 0 aromatic carbocycles. The number of ether oxygens (including phenoxy) is 2. The Balaban J connectivity index is 4.09. The number of phosphoric ester groups is 1. The van der Waals surface area contributed by atoms with Crippen molar-refractivity contribution in [2.75, 3.05) is 47.5 Å². The van der Waals surface area contributed by atoms with Crippen molar-refractivity contribution in [3.05, 3.63) is 72.9 Å². The molecule has 0 aromatic rings. The zero-order valence-corrected chi connectivity index (χ0v) is 51.1. The molecule has 0 aliphatic heterocycles. The first-order valence-corrected chi connectivity index (χ1v) is 33.2. The van der Waals surface area contributed by atoms with E-state index < -0.39 is 26.5 Å². The average Bonchev–Trinajstić information content (AvgIpc) is 3.38. The second-order valence-electron chi connectivity index (χ2n) is 22.4. The number of nitrogens with zero attached hydrogens (tertiary/aromatic N) is 1. The smallest absolute Gasteiger partial charge is 0.462 e. The van der Waals surface area contributed by atoms with Crippen LogP contribution < -0.4 is 0 Å². The third kappa shape index (κ3) is 60.7. The van der Waals surface area contributed by atoms with Crippen LogP contribution in [-0.2, 0) is 32.7 Å². The Morgan fingerprint density at radius 1 is 0.421 bits per heavy atom. The van der Waals surface area contributed by atoms with Crippen LogP contribution in [0, 0.1) is 0 Å². The summed E-state index contributed by atoms with van der Waals surface area (Å²) in [6, 6.07) is 0. The highest BCUT2D eigenvalue weighted by Crippen LogP contribution is 2.43. The van der Waals surface area contributed by atoms with Crippen molar-refractivity contribution in [1.29, 1.82) is 0 Å². The van der Waals surface area contributed by atoms with E-state index in [-0.39, 0.29) is 32.0 Å². The highest BCUT2D eigenvalue weighted by atomic mass is 31.2. The van der Waals surface area contributed by atoms with Gasteiger partial charge in [-0.3, -0.25) is 18.6 Å². The lowest BCUT2D eigenvalue weighted by molar-refractivity contribution is -0.870. The summed E-state index contributed by atoms with van der Waals surface area (Å²) in [5.74, 6) is -0.841. The van der Waals surface area contributed by atoms with Gasteiger partial charge in [0, 0.05) is 12.8 Å². The Morgan fingerprint density at radius 3 is 1.12 bits per heavy atom. The van der Waals surface area contributed by atoms with Gasteiger partial charge in [-0.1, -0.05) is 279 Å². The summed E-state index contributed by atoms with van der Waals surface area (Å²) in [7, 11) is 1.45.